The van der Waals surface area contributed by atoms with Gasteiger partial charge in [-0.05, 0) is 162 Å². The average molecular weight is 1330 g/mol. The number of fused-ring (bicyclic) bond motifs is 9. The van der Waals surface area contributed by atoms with Crippen molar-refractivity contribution in [3.05, 3.63) is 251 Å². The van der Waals surface area contributed by atoms with Gasteiger partial charge in [0.1, 0.15) is 27.0 Å². The number of hydrogen-bond acceptors (Lipinski definition) is 6. The molecule has 15 rings (SSSR count). The summed E-state index contributed by atoms with van der Waals surface area (Å²) in [5, 5.41) is 3.97. The van der Waals surface area contributed by atoms with Crippen molar-refractivity contribution in [2.75, 3.05) is 0 Å². The highest BCUT2D eigenvalue weighted by Crippen LogP contribution is 2.43. The Labute approximate surface area is 610 Å². The molecule has 0 fully saturated rings. The Bertz CT molecular complexity index is 6390. The van der Waals surface area contributed by atoms with Crippen LogP contribution >= 0.6 is 0 Å². The van der Waals surface area contributed by atoms with Crippen LogP contribution in [0.25, 0.3) is 133 Å². The van der Waals surface area contributed by atoms with Gasteiger partial charge in [-0.15, -0.1) is 0 Å². The largest absolute Gasteiger partial charge is 0.437 e. The second kappa shape index (κ2) is 27.8. The summed E-state index contributed by atoms with van der Waals surface area (Å²) in [6.45, 7) is -4.14. The molecule has 6 aromatic carbocycles. The molecule has 0 atom stereocenters. The first-order valence-corrected chi connectivity index (χ1v) is 32.9. The Morgan fingerprint density at radius 1 is 0.404 bits per heavy atom. The van der Waals surface area contributed by atoms with E-state index in [-0.39, 0.29) is 34.3 Å². The highest BCUT2D eigenvalue weighted by molar-refractivity contribution is 6.11. The summed E-state index contributed by atoms with van der Waals surface area (Å²) in [6, 6.07) is 55.8. The monoisotopic (exact) mass is 1330 g/mol. The number of aryl methyl sites for hydroxylation is 6. The molecule has 9 heterocycles. The maximum absolute atomic E-state index is 14.9. The van der Waals surface area contributed by atoms with Crippen molar-refractivity contribution in [3.63, 3.8) is 0 Å². The molecule has 9 nitrogen and oxygen atoms in total. The summed E-state index contributed by atoms with van der Waals surface area (Å²) in [4.78, 5) is 12.9. The maximum atomic E-state index is 14.9. The Hall–Kier alpha value is -10.5. The van der Waals surface area contributed by atoms with E-state index in [1.807, 2.05) is 123 Å². The van der Waals surface area contributed by atoms with Crippen molar-refractivity contribution in [1.82, 2.24) is 15.0 Å². The lowest BCUT2D eigenvalue weighted by Gasteiger charge is -2.11. The van der Waals surface area contributed by atoms with Gasteiger partial charge in [0.25, 0.3) is 0 Å². The number of rotatable bonds is 13. The van der Waals surface area contributed by atoms with Gasteiger partial charge in [0.15, 0.2) is 35.3 Å². The quantitative estimate of drug-likeness (QED) is 0.107. The fourth-order valence-corrected chi connectivity index (χ4v) is 13.3. The molecule has 0 saturated heterocycles. The molecule has 9 aromatic heterocycles. The second-order valence-corrected chi connectivity index (χ2v) is 26.3. The van der Waals surface area contributed by atoms with Gasteiger partial charge in [0, 0.05) is 114 Å². The number of pyridine rings is 6. The van der Waals surface area contributed by atoms with Crippen molar-refractivity contribution in [2.45, 2.75) is 120 Å². The molecule has 0 saturated carbocycles. The molecule has 0 aliphatic carbocycles. The Kier molecular flexibility index (Phi) is 12.9. The van der Waals surface area contributed by atoms with Crippen LogP contribution in [0, 0.1) is 38.4 Å². The second-order valence-electron chi connectivity index (χ2n) is 26.3. The Morgan fingerprint density at radius 3 is 1.29 bits per heavy atom. The summed E-state index contributed by atoms with van der Waals surface area (Å²) in [5.74, 6) is -7.95. The normalized spacial score (nSPS) is 16.0. The van der Waals surface area contributed by atoms with E-state index in [4.69, 9.17) is 42.0 Å². The molecule has 99 heavy (non-hydrogen) atoms. The van der Waals surface area contributed by atoms with E-state index in [2.05, 4.69) is 116 Å². The Balaban J connectivity index is 0.000000156. The van der Waals surface area contributed by atoms with E-state index in [0.29, 0.717) is 72.5 Å². The highest BCUT2D eigenvalue weighted by atomic mass is 19.1. The number of nitrogens with zero attached hydrogens (tertiary/aromatic N) is 6. The van der Waals surface area contributed by atoms with Gasteiger partial charge in [-0.1, -0.05) is 172 Å². The molecule has 0 aliphatic heterocycles. The zero-order chi connectivity index (χ0) is 87.4. The van der Waals surface area contributed by atoms with Gasteiger partial charge >= 0.3 is 0 Å². The summed E-state index contributed by atoms with van der Waals surface area (Å²) in [6.07, 6.45) is 7.99. The van der Waals surface area contributed by atoms with Crippen molar-refractivity contribution in [1.29, 1.82) is 0 Å². The first-order chi connectivity index (χ1) is 56.0. The van der Waals surface area contributed by atoms with Gasteiger partial charge < -0.3 is 13.3 Å². The standard InChI is InChI=1S/2C31H33N2O.C27H24FN2O/c1-19(2)17-22-8-10-23(11-9-22)24-12-16-28(33(6)18-24)29-21(5)7-13-25-26-14-15-27(20(3)4)32-31(26)34-30(25)29;1-19(2)17-22-8-10-23(11-9-22)24-15-16-33(6)28(18-24)29-21(5)7-12-25-26-13-14-27(20(3)4)32-31(26)34-30(25)29;1-16(2)23-14-13-21-20-12-11-17(3)24(26(20)31-27(21)29-23)25-19(9-7-15-30(25)4)18-8-5-6-10-22(18)28/h2*7-16,18-20H,17H2,1-6H3;5-16H,1-4H3/q3*+1/i2*3D3,4D3,20D;1D3,2D3,16D. The van der Waals surface area contributed by atoms with Crippen molar-refractivity contribution in [3.8, 4) is 67.2 Å². The van der Waals surface area contributed by atoms with Crippen LogP contribution in [0.1, 0.15) is 160 Å². The average Bonchev–Trinajstić information content (AvgIpc) is 1.68. The van der Waals surface area contributed by atoms with E-state index in [1.165, 1.54) is 41.5 Å². The fraction of sp³-hybridized carbons (Fsp3) is 0.258. The highest BCUT2D eigenvalue weighted by Gasteiger charge is 2.28. The third-order valence-corrected chi connectivity index (χ3v) is 18.2. The van der Waals surface area contributed by atoms with Crippen LogP contribution in [0.2, 0.25) is 0 Å². The lowest BCUT2D eigenvalue weighted by molar-refractivity contribution is -0.660. The van der Waals surface area contributed by atoms with E-state index in [0.717, 1.165) is 85.1 Å². The van der Waals surface area contributed by atoms with E-state index in [1.54, 1.807) is 30.3 Å². The smallest absolute Gasteiger partial charge is 0.227 e. The first kappa shape index (κ1) is 45.9. The van der Waals surface area contributed by atoms with Gasteiger partial charge in [-0.25, -0.2) is 33.0 Å². The molecule has 10 heteroatoms. The molecule has 0 aliphatic rings. The fourth-order valence-electron chi connectivity index (χ4n) is 13.3. The van der Waals surface area contributed by atoms with E-state index < -0.39 is 64.5 Å². The summed E-state index contributed by atoms with van der Waals surface area (Å²) in [7, 11) is 5.78. The van der Waals surface area contributed by atoms with Crippen LogP contribution in [0.3, 0.4) is 0 Å². The van der Waals surface area contributed by atoms with Gasteiger partial charge in [0.05, 0.1) is 22.3 Å². The SMILES string of the molecule is [2H]C([2H])([2H])C([2H])(c1ccc2c(n1)oc1c(-c3c(-c4ccccc4F)ccc[n+]3C)c(C)ccc12)C([2H])([2H])[2H].[2H]C([2H])([2H])C([2H])(c1ccc2c(n1)oc1c(-c3cc(-c4ccc(CC(C)C)cc4)cc[n+]3C)c(C)ccc12)C([2H])([2H])[2H].[2H]C([2H])([2H])C([2H])(c1ccc2c(n1)oc1c(-c3ccc(-c4ccc(CC(C)C)cc4)c[n+]3C)c(C)ccc12)C([2H])([2H])[2H]. The van der Waals surface area contributed by atoms with Crippen LogP contribution < -0.4 is 13.7 Å². The number of furan rings is 3. The molecular formula is C89H90FN6O3+3. The number of hydrogen-bond donors (Lipinski definition) is 0. The third-order valence-electron chi connectivity index (χ3n) is 18.2. The van der Waals surface area contributed by atoms with Crippen molar-refractivity contribution < 1.29 is 60.1 Å². The van der Waals surface area contributed by atoms with Gasteiger partial charge in [-0.2, -0.15) is 0 Å². The summed E-state index contributed by atoms with van der Waals surface area (Å²) < 4.78 is 206. The van der Waals surface area contributed by atoms with E-state index in [9.17, 15) is 4.39 Å². The first-order valence-electron chi connectivity index (χ1n) is 43.4. The zero-order valence-electron chi connectivity index (χ0n) is 77.9. The van der Waals surface area contributed by atoms with Gasteiger partial charge in [0.2, 0.25) is 34.2 Å². The van der Waals surface area contributed by atoms with Crippen LogP contribution in [-0.2, 0) is 34.0 Å². The minimum absolute atomic E-state index is 0.0144. The van der Waals surface area contributed by atoms with Crippen molar-refractivity contribution in [2.24, 2.45) is 33.0 Å². The molecule has 0 N–H and O–H groups in total. The number of benzene rings is 6. The molecule has 0 bridgehead atoms. The van der Waals surface area contributed by atoms with Crippen LogP contribution in [-0.4, -0.2) is 15.0 Å². The Morgan fingerprint density at radius 2 is 0.828 bits per heavy atom. The van der Waals surface area contributed by atoms with Crippen molar-refractivity contribution >= 4 is 66.2 Å². The predicted octanol–water partition coefficient (Wildman–Crippen LogP) is 22.3. The molecule has 0 spiro atoms. The van der Waals surface area contributed by atoms with Crippen LogP contribution in [0.4, 0.5) is 4.39 Å². The zero-order valence-corrected chi connectivity index (χ0v) is 56.9. The molecule has 0 amide bonds. The third kappa shape index (κ3) is 13.4. The summed E-state index contributed by atoms with van der Waals surface area (Å²) in [5.41, 5.74) is 16.3. The predicted molar refractivity (Wildman–Crippen MR) is 404 cm³/mol. The molecule has 498 valence electrons. The minimum atomic E-state index is -3.17. The van der Waals surface area contributed by atoms with E-state index >= 15 is 0 Å². The topological polar surface area (TPSA) is 89.7 Å². The van der Waals surface area contributed by atoms with Gasteiger partial charge in [-0.3, -0.25) is 0 Å². The number of halogens is 1. The van der Waals surface area contributed by atoms with Crippen LogP contribution in [0.15, 0.2) is 214 Å². The summed E-state index contributed by atoms with van der Waals surface area (Å²) >= 11 is 0. The van der Waals surface area contributed by atoms with Crippen LogP contribution in [0.5, 0.6) is 0 Å². The maximum Gasteiger partial charge on any atom is 0.227 e. The molecule has 15 aromatic rings. The molecule has 0 unspecified atom stereocenters. The molecule has 0 radical (unpaired) electrons. The minimum Gasteiger partial charge on any atom is -0.437 e. The lowest BCUT2D eigenvalue weighted by Crippen LogP contribution is -2.31. The lowest BCUT2D eigenvalue weighted by atomic mass is 9.94. The number of aromatic nitrogens is 6. The molecular weight excluding hydrogens is 1220 g/mol.